The van der Waals surface area contributed by atoms with E-state index in [4.69, 9.17) is 9.47 Å². The van der Waals surface area contributed by atoms with Crippen molar-refractivity contribution in [1.82, 2.24) is 0 Å². The van der Waals surface area contributed by atoms with Crippen LogP contribution in [0.2, 0.25) is 0 Å². The van der Waals surface area contributed by atoms with E-state index in [9.17, 15) is 4.39 Å². The van der Waals surface area contributed by atoms with Gasteiger partial charge in [0, 0.05) is 6.07 Å². The molecule has 1 aromatic carbocycles. The minimum absolute atomic E-state index is 0.292. The molecular weight excluding hydrogens is 195 g/mol. The normalized spacial score (nSPS) is 15.9. The summed E-state index contributed by atoms with van der Waals surface area (Å²) in [6.45, 7) is 0.666. The van der Waals surface area contributed by atoms with Crippen molar-refractivity contribution >= 4 is 0 Å². The Labute approximate surface area is 89.0 Å². The molecule has 0 N–H and O–H groups in total. The summed E-state index contributed by atoms with van der Waals surface area (Å²) in [4.78, 5) is 0. The molecule has 0 amide bonds. The van der Waals surface area contributed by atoms with Gasteiger partial charge >= 0.3 is 0 Å². The molecule has 1 fully saturated rings. The predicted octanol–water partition coefficient (Wildman–Crippen LogP) is 3.01. The molecule has 1 aromatic rings. The van der Waals surface area contributed by atoms with E-state index in [0.29, 0.717) is 24.0 Å². The average molecular weight is 210 g/mol. The molecule has 0 unspecified atom stereocenters. The fraction of sp³-hybridized carbons (Fsp3) is 0.500. The van der Waals surface area contributed by atoms with Crippen LogP contribution in [0.5, 0.6) is 11.5 Å². The lowest BCUT2D eigenvalue weighted by Gasteiger charge is -2.25. The second kappa shape index (κ2) is 4.51. The first-order valence-electron chi connectivity index (χ1n) is 5.26. The Morgan fingerprint density at radius 3 is 2.73 bits per heavy atom. The molecule has 0 atom stereocenters. The second-order valence-corrected chi connectivity index (χ2v) is 3.90. The van der Waals surface area contributed by atoms with E-state index < -0.39 is 0 Å². The van der Waals surface area contributed by atoms with Crippen LogP contribution in [0.1, 0.15) is 19.3 Å². The number of ether oxygens (including phenoxy) is 2. The SMILES string of the molecule is COc1ccc(F)cc1OCC1CCC1. The third kappa shape index (κ3) is 2.41. The molecule has 0 spiro atoms. The van der Waals surface area contributed by atoms with Gasteiger partial charge in [-0.05, 0) is 30.9 Å². The van der Waals surface area contributed by atoms with Crippen LogP contribution in [0.3, 0.4) is 0 Å². The first kappa shape index (κ1) is 10.3. The van der Waals surface area contributed by atoms with Crippen LogP contribution >= 0.6 is 0 Å². The smallest absolute Gasteiger partial charge is 0.164 e. The van der Waals surface area contributed by atoms with Crippen LogP contribution in [0.15, 0.2) is 18.2 Å². The fourth-order valence-corrected chi connectivity index (χ4v) is 1.63. The lowest BCUT2D eigenvalue weighted by molar-refractivity contribution is 0.175. The van der Waals surface area contributed by atoms with Gasteiger partial charge in [-0.3, -0.25) is 0 Å². The van der Waals surface area contributed by atoms with E-state index in [-0.39, 0.29) is 5.82 Å². The number of benzene rings is 1. The number of rotatable bonds is 4. The minimum atomic E-state index is -0.292. The van der Waals surface area contributed by atoms with Gasteiger partial charge in [0.1, 0.15) is 5.82 Å². The zero-order chi connectivity index (χ0) is 10.7. The van der Waals surface area contributed by atoms with Crippen LogP contribution < -0.4 is 9.47 Å². The Balaban J connectivity index is 2.00. The zero-order valence-corrected chi connectivity index (χ0v) is 8.83. The van der Waals surface area contributed by atoms with E-state index in [1.54, 1.807) is 13.2 Å². The Hall–Kier alpha value is -1.25. The summed E-state index contributed by atoms with van der Waals surface area (Å²) in [5.74, 6) is 1.44. The van der Waals surface area contributed by atoms with Crippen LogP contribution in [-0.2, 0) is 0 Å². The summed E-state index contributed by atoms with van der Waals surface area (Å²) in [5.41, 5.74) is 0. The van der Waals surface area contributed by atoms with Gasteiger partial charge in [-0.1, -0.05) is 6.42 Å². The number of hydrogen-bond donors (Lipinski definition) is 0. The zero-order valence-electron chi connectivity index (χ0n) is 8.83. The standard InChI is InChI=1S/C12H15FO2/c1-14-11-6-5-10(13)7-12(11)15-8-9-3-2-4-9/h5-7,9H,2-4,8H2,1H3. The maximum absolute atomic E-state index is 13.0. The quantitative estimate of drug-likeness (QED) is 0.760. The Kier molecular flexibility index (Phi) is 3.09. The molecular formula is C12H15FO2. The summed E-state index contributed by atoms with van der Waals surface area (Å²) < 4.78 is 23.6. The van der Waals surface area contributed by atoms with Crippen molar-refractivity contribution in [3.8, 4) is 11.5 Å². The van der Waals surface area contributed by atoms with Crippen molar-refractivity contribution in [2.75, 3.05) is 13.7 Å². The summed E-state index contributed by atoms with van der Waals surface area (Å²) in [6, 6.07) is 4.33. The summed E-state index contributed by atoms with van der Waals surface area (Å²) >= 11 is 0. The monoisotopic (exact) mass is 210 g/mol. The highest BCUT2D eigenvalue weighted by atomic mass is 19.1. The first-order chi connectivity index (χ1) is 7.29. The lowest BCUT2D eigenvalue weighted by atomic mass is 9.86. The van der Waals surface area contributed by atoms with Gasteiger partial charge in [-0.15, -0.1) is 0 Å². The van der Waals surface area contributed by atoms with Gasteiger partial charge in [-0.2, -0.15) is 0 Å². The molecule has 0 radical (unpaired) electrons. The van der Waals surface area contributed by atoms with E-state index in [0.717, 1.165) is 0 Å². The molecule has 1 aliphatic rings. The van der Waals surface area contributed by atoms with Crippen molar-refractivity contribution in [2.45, 2.75) is 19.3 Å². The molecule has 0 bridgehead atoms. The summed E-state index contributed by atoms with van der Waals surface area (Å²) in [5, 5.41) is 0. The third-order valence-corrected chi connectivity index (χ3v) is 2.82. The topological polar surface area (TPSA) is 18.5 Å². The number of halogens is 1. The average Bonchev–Trinajstić information content (AvgIpc) is 2.16. The minimum Gasteiger partial charge on any atom is -0.493 e. The second-order valence-electron chi connectivity index (χ2n) is 3.90. The molecule has 0 aliphatic heterocycles. The van der Waals surface area contributed by atoms with Gasteiger partial charge in [0.05, 0.1) is 13.7 Å². The Morgan fingerprint density at radius 1 is 1.33 bits per heavy atom. The lowest BCUT2D eigenvalue weighted by Crippen LogP contribution is -2.19. The molecule has 2 rings (SSSR count). The molecule has 15 heavy (non-hydrogen) atoms. The maximum Gasteiger partial charge on any atom is 0.164 e. The van der Waals surface area contributed by atoms with Crippen LogP contribution in [-0.4, -0.2) is 13.7 Å². The van der Waals surface area contributed by atoms with E-state index in [1.165, 1.54) is 31.4 Å². The molecule has 3 heteroatoms. The molecule has 2 nitrogen and oxygen atoms in total. The van der Waals surface area contributed by atoms with E-state index in [2.05, 4.69) is 0 Å². The molecule has 0 saturated heterocycles. The molecule has 1 saturated carbocycles. The highest BCUT2D eigenvalue weighted by Crippen LogP contribution is 2.31. The molecule has 1 aliphatic carbocycles. The Morgan fingerprint density at radius 2 is 2.13 bits per heavy atom. The highest BCUT2D eigenvalue weighted by Gasteiger charge is 2.18. The van der Waals surface area contributed by atoms with Crippen LogP contribution in [0.4, 0.5) is 4.39 Å². The molecule has 82 valence electrons. The van der Waals surface area contributed by atoms with Gasteiger partial charge in [0.2, 0.25) is 0 Å². The predicted molar refractivity (Wildman–Crippen MR) is 55.8 cm³/mol. The van der Waals surface area contributed by atoms with Crippen molar-refractivity contribution in [3.05, 3.63) is 24.0 Å². The van der Waals surface area contributed by atoms with E-state index in [1.807, 2.05) is 0 Å². The number of methoxy groups -OCH3 is 1. The van der Waals surface area contributed by atoms with Crippen molar-refractivity contribution < 1.29 is 13.9 Å². The molecule has 0 heterocycles. The molecule has 0 aromatic heterocycles. The summed E-state index contributed by atoms with van der Waals surface area (Å²) in [7, 11) is 1.56. The van der Waals surface area contributed by atoms with Gasteiger partial charge < -0.3 is 9.47 Å². The third-order valence-electron chi connectivity index (χ3n) is 2.82. The van der Waals surface area contributed by atoms with Gasteiger partial charge in [-0.25, -0.2) is 4.39 Å². The van der Waals surface area contributed by atoms with Crippen LogP contribution in [0, 0.1) is 11.7 Å². The Bertz CT molecular complexity index is 334. The maximum atomic E-state index is 13.0. The summed E-state index contributed by atoms with van der Waals surface area (Å²) in [6.07, 6.45) is 3.73. The fourth-order valence-electron chi connectivity index (χ4n) is 1.63. The van der Waals surface area contributed by atoms with E-state index >= 15 is 0 Å². The number of hydrogen-bond acceptors (Lipinski definition) is 2. The first-order valence-corrected chi connectivity index (χ1v) is 5.26. The van der Waals surface area contributed by atoms with Crippen LogP contribution in [0.25, 0.3) is 0 Å². The van der Waals surface area contributed by atoms with Gasteiger partial charge in [0.15, 0.2) is 11.5 Å². The highest BCUT2D eigenvalue weighted by molar-refractivity contribution is 5.39. The van der Waals surface area contributed by atoms with Crippen molar-refractivity contribution in [3.63, 3.8) is 0 Å². The van der Waals surface area contributed by atoms with Crippen molar-refractivity contribution in [1.29, 1.82) is 0 Å². The van der Waals surface area contributed by atoms with Gasteiger partial charge in [0.25, 0.3) is 0 Å². The van der Waals surface area contributed by atoms with Crippen molar-refractivity contribution in [2.24, 2.45) is 5.92 Å². The largest absolute Gasteiger partial charge is 0.493 e.